The van der Waals surface area contributed by atoms with Gasteiger partial charge in [-0.2, -0.15) is 4.98 Å². The van der Waals surface area contributed by atoms with Crippen LogP contribution in [0.1, 0.15) is 17.3 Å². The fourth-order valence-electron chi connectivity index (χ4n) is 1.54. The van der Waals surface area contributed by atoms with Gasteiger partial charge in [0.15, 0.2) is 5.82 Å². The van der Waals surface area contributed by atoms with Crippen molar-refractivity contribution in [2.75, 3.05) is 6.54 Å². The maximum Gasteiger partial charge on any atom is 0.240 e. The number of carbonyl (C=O) groups is 1. The number of aromatic nitrogens is 2. The van der Waals surface area contributed by atoms with Gasteiger partial charge in [0, 0.05) is 10.9 Å². The molecule has 1 aromatic heterocycles. The predicted molar refractivity (Wildman–Crippen MR) is 72.1 cm³/mol. The molecule has 0 saturated heterocycles. The van der Waals surface area contributed by atoms with Crippen molar-refractivity contribution in [3.8, 4) is 0 Å². The highest BCUT2D eigenvalue weighted by molar-refractivity contribution is 9.10. The van der Waals surface area contributed by atoms with Crippen LogP contribution in [-0.4, -0.2) is 22.6 Å². The Morgan fingerprint density at radius 2 is 2.21 bits per heavy atom. The second-order valence-electron chi connectivity index (χ2n) is 3.94. The number of hydrogen-bond acceptors (Lipinski definition) is 5. The zero-order valence-electron chi connectivity index (χ0n) is 10.1. The van der Waals surface area contributed by atoms with Crippen molar-refractivity contribution in [1.29, 1.82) is 0 Å². The number of nitrogens with one attached hydrogen (secondary N) is 1. The minimum Gasteiger partial charge on any atom is -0.369 e. The van der Waals surface area contributed by atoms with E-state index in [1.54, 1.807) is 0 Å². The van der Waals surface area contributed by atoms with E-state index in [2.05, 4.69) is 31.4 Å². The van der Waals surface area contributed by atoms with Crippen molar-refractivity contribution in [3.63, 3.8) is 0 Å². The number of amides is 1. The van der Waals surface area contributed by atoms with Gasteiger partial charge in [0.1, 0.15) is 0 Å². The van der Waals surface area contributed by atoms with E-state index in [0.717, 1.165) is 10.0 Å². The summed E-state index contributed by atoms with van der Waals surface area (Å²) in [4.78, 5) is 14.8. The molecule has 0 saturated carbocycles. The van der Waals surface area contributed by atoms with E-state index >= 15 is 0 Å². The number of nitrogens with zero attached hydrogens (tertiary/aromatic N) is 2. The summed E-state index contributed by atoms with van der Waals surface area (Å²) >= 11 is 3.47. The SMILES string of the molecule is NC(=O)CNCc1nc(Cc2ccccc2Br)no1. The zero-order chi connectivity index (χ0) is 13.7. The molecule has 0 spiro atoms. The fraction of sp³-hybridized carbons (Fsp3) is 0.250. The van der Waals surface area contributed by atoms with E-state index in [-0.39, 0.29) is 6.54 Å². The van der Waals surface area contributed by atoms with Gasteiger partial charge in [-0.1, -0.05) is 39.3 Å². The van der Waals surface area contributed by atoms with Crippen molar-refractivity contribution < 1.29 is 9.32 Å². The Hall–Kier alpha value is -1.73. The molecule has 0 aliphatic rings. The van der Waals surface area contributed by atoms with Gasteiger partial charge in [0.25, 0.3) is 0 Å². The second-order valence-corrected chi connectivity index (χ2v) is 4.80. The third-order valence-corrected chi connectivity index (χ3v) is 3.17. The van der Waals surface area contributed by atoms with Crippen LogP contribution in [0, 0.1) is 0 Å². The number of nitrogens with two attached hydrogens (primary N) is 1. The first-order chi connectivity index (χ1) is 9.15. The average molecular weight is 325 g/mol. The molecular formula is C12H13BrN4O2. The molecule has 0 fully saturated rings. The van der Waals surface area contributed by atoms with Gasteiger partial charge >= 0.3 is 0 Å². The molecule has 100 valence electrons. The quantitative estimate of drug-likeness (QED) is 0.826. The molecule has 2 aromatic rings. The smallest absolute Gasteiger partial charge is 0.240 e. The Balaban J connectivity index is 1.94. The van der Waals surface area contributed by atoms with Gasteiger partial charge in [-0.05, 0) is 11.6 Å². The Labute approximate surface area is 118 Å². The highest BCUT2D eigenvalue weighted by Gasteiger charge is 2.08. The summed E-state index contributed by atoms with van der Waals surface area (Å²) in [5.74, 6) is 0.610. The second kappa shape index (κ2) is 6.44. The molecule has 1 aromatic carbocycles. The van der Waals surface area contributed by atoms with Crippen LogP contribution >= 0.6 is 15.9 Å². The third kappa shape index (κ3) is 4.15. The molecule has 0 unspecified atom stereocenters. The van der Waals surface area contributed by atoms with Crippen molar-refractivity contribution in [1.82, 2.24) is 15.5 Å². The lowest BCUT2D eigenvalue weighted by atomic mass is 10.1. The standard InChI is InChI=1S/C12H13BrN4O2/c13-9-4-2-1-3-8(9)5-11-16-12(19-17-11)7-15-6-10(14)18/h1-4,15H,5-7H2,(H2,14,18). The number of rotatable bonds is 6. The summed E-state index contributed by atoms with van der Waals surface area (Å²) < 4.78 is 6.08. The Morgan fingerprint density at radius 3 is 2.95 bits per heavy atom. The minimum atomic E-state index is -0.423. The summed E-state index contributed by atoms with van der Waals surface area (Å²) in [5.41, 5.74) is 6.09. The summed E-state index contributed by atoms with van der Waals surface area (Å²) in [6, 6.07) is 7.86. The topological polar surface area (TPSA) is 94.0 Å². The first kappa shape index (κ1) is 13.7. The number of carbonyl (C=O) groups excluding carboxylic acids is 1. The molecule has 0 bridgehead atoms. The van der Waals surface area contributed by atoms with Crippen molar-refractivity contribution in [2.45, 2.75) is 13.0 Å². The van der Waals surface area contributed by atoms with Crippen LogP contribution < -0.4 is 11.1 Å². The molecule has 19 heavy (non-hydrogen) atoms. The summed E-state index contributed by atoms with van der Waals surface area (Å²) in [6.07, 6.45) is 0.584. The first-order valence-corrected chi connectivity index (χ1v) is 6.48. The molecule has 7 heteroatoms. The summed E-state index contributed by atoms with van der Waals surface area (Å²) in [7, 11) is 0. The van der Waals surface area contributed by atoms with Gasteiger partial charge < -0.3 is 10.3 Å². The Bertz CT molecular complexity index is 570. The van der Waals surface area contributed by atoms with Crippen LogP contribution in [0.3, 0.4) is 0 Å². The van der Waals surface area contributed by atoms with Gasteiger partial charge in [-0.15, -0.1) is 0 Å². The van der Waals surface area contributed by atoms with E-state index in [9.17, 15) is 4.79 Å². The molecule has 0 aliphatic carbocycles. The number of hydrogen-bond donors (Lipinski definition) is 2. The molecule has 2 rings (SSSR count). The van der Waals surface area contributed by atoms with Crippen LogP contribution in [0.4, 0.5) is 0 Å². The maximum atomic E-state index is 10.6. The van der Waals surface area contributed by atoms with Crippen molar-refractivity contribution in [3.05, 3.63) is 46.0 Å². The van der Waals surface area contributed by atoms with E-state index in [0.29, 0.717) is 24.7 Å². The molecule has 0 radical (unpaired) electrons. The van der Waals surface area contributed by atoms with Crippen LogP contribution in [0.15, 0.2) is 33.3 Å². The first-order valence-electron chi connectivity index (χ1n) is 5.69. The Kier molecular flexibility index (Phi) is 4.64. The monoisotopic (exact) mass is 324 g/mol. The van der Waals surface area contributed by atoms with Gasteiger partial charge in [-0.25, -0.2) is 0 Å². The molecule has 6 nitrogen and oxygen atoms in total. The molecule has 1 heterocycles. The minimum absolute atomic E-state index is 0.0853. The lowest BCUT2D eigenvalue weighted by Crippen LogP contribution is -2.28. The third-order valence-electron chi connectivity index (χ3n) is 2.39. The van der Waals surface area contributed by atoms with Crippen LogP contribution in [0.2, 0.25) is 0 Å². The van der Waals surface area contributed by atoms with E-state index in [1.165, 1.54) is 0 Å². The summed E-state index contributed by atoms with van der Waals surface area (Å²) in [6.45, 7) is 0.411. The molecule has 0 atom stereocenters. The highest BCUT2D eigenvalue weighted by atomic mass is 79.9. The highest BCUT2D eigenvalue weighted by Crippen LogP contribution is 2.18. The van der Waals surface area contributed by atoms with Gasteiger partial charge in [0.05, 0.1) is 13.1 Å². The van der Waals surface area contributed by atoms with Crippen LogP contribution in [0.5, 0.6) is 0 Å². The van der Waals surface area contributed by atoms with Crippen LogP contribution in [-0.2, 0) is 17.8 Å². The van der Waals surface area contributed by atoms with Gasteiger partial charge in [0.2, 0.25) is 11.8 Å². The zero-order valence-corrected chi connectivity index (χ0v) is 11.7. The van der Waals surface area contributed by atoms with Crippen molar-refractivity contribution >= 4 is 21.8 Å². The normalized spacial score (nSPS) is 10.6. The van der Waals surface area contributed by atoms with Gasteiger partial charge in [-0.3, -0.25) is 10.1 Å². The lowest BCUT2D eigenvalue weighted by Gasteiger charge is -1.99. The molecule has 3 N–H and O–H groups in total. The maximum absolute atomic E-state index is 10.6. The van der Waals surface area contributed by atoms with E-state index in [1.807, 2.05) is 24.3 Å². The molecular weight excluding hydrogens is 312 g/mol. The predicted octanol–water partition coefficient (Wildman–Crippen LogP) is 0.998. The lowest BCUT2D eigenvalue weighted by molar-refractivity contribution is -0.117. The largest absolute Gasteiger partial charge is 0.369 e. The van der Waals surface area contributed by atoms with E-state index in [4.69, 9.17) is 10.3 Å². The van der Waals surface area contributed by atoms with Crippen LogP contribution in [0.25, 0.3) is 0 Å². The Morgan fingerprint density at radius 1 is 1.42 bits per heavy atom. The molecule has 1 amide bonds. The number of benzene rings is 1. The number of halogens is 1. The number of primary amides is 1. The van der Waals surface area contributed by atoms with E-state index < -0.39 is 5.91 Å². The van der Waals surface area contributed by atoms with Crippen molar-refractivity contribution in [2.24, 2.45) is 5.73 Å². The summed E-state index contributed by atoms with van der Waals surface area (Å²) in [5, 5.41) is 6.70. The average Bonchev–Trinajstić information content (AvgIpc) is 2.79. The fourth-order valence-corrected chi connectivity index (χ4v) is 1.96. The molecule has 0 aliphatic heterocycles.